The van der Waals surface area contributed by atoms with Crippen LogP contribution in [0.3, 0.4) is 0 Å². The van der Waals surface area contributed by atoms with Crippen molar-refractivity contribution >= 4 is 27.7 Å². The van der Waals surface area contributed by atoms with Crippen LogP contribution in [-0.4, -0.2) is 20.1 Å². The third kappa shape index (κ3) is 4.03. The van der Waals surface area contributed by atoms with E-state index in [0.717, 1.165) is 26.7 Å². The van der Waals surface area contributed by atoms with Gasteiger partial charge in [-0.05, 0) is 17.7 Å². The molecule has 0 radical (unpaired) electrons. The highest BCUT2D eigenvalue weighted by Gasteiger charge is 2.21. The third-order valence-electron chi connectivity index (χ3n) is 3.18. The molecule has 0 saturated carbocycles. The Morgan fingerprint density at radius 3 is 2.61 bits per heavy atom. The molecule has 5 nitrogen and oxygen atoms in total. The smallest absolute Gasteiger partial charge is 0.237 e. The summed E-state index contributed by atoms with van der Waals surface area (Å²) in [6.45, 7) is 6.18. The fourth-order valence-corrected chi connectivity index (χ4v) is 2.85. The van der Waals surface area contributed by atoms with Crippen LogP contribution in [0.1, 0.15) is 32.5 Å². The van der Waals surface area contributed by atoms with Gasteiger partial charge in [0.15, 0.2) is 11.0 Å². The van der Waals surface area contributed by atoms with Crippen molar-refractivity contribution in [2.75, 3.05) is 0 Å². The van der Waals surface area contributed by atoms with Gasteiger partial charge in [-0.3, -0.25) is 0 Å². The van der Waals surface area contributed by atoms with E-state index in [1.807, 2.05) is 30.5 Å². The first-order valence-electron chi connectivity index (χ1n) is 7.18. The van der Waals surface area contributed by atoms with E-state index >= 15 is 0 Å². The fraction of sp³-hybridized carbons (Fsp3) is 0.312. The molecule has 0 atom stereocenters. The number of aromatic amines is 1. The van der Waals surface area contributed by atoms with E-state index in [2.05, 4.69) is 56.8 Å². The van der Waals surface area contributed by atoms with Crippen LogP contribution in [0.25, 0.3) is 11.3 Å². The highest BCUT2D eigenvalue weighted by molar-refractivity contribution is 9.10. The highest BCUT2D eigenvalue weighted by atomic mass is 79.9. The van der Waals surface area contributed by atoms with E-state index < -0.39 is 0 Å². The van der Waals surface area contributed by atoms with Crippen molar-refractivity contribution in [1.29, 1.82) is 0 Å². The lowest BCUT2D eigenvalue weighted by atomic mass is 9.96. The zero-order valence-electron chi connectivity index (χ0n) is 13.1. The third-order valence-corrected chi connectivity index (χ3v) is 4.58. The lowest BCUT2D eigenvalue weighted by molar-refractivity contribution is 0.373. The minimum atomic E-state index is -0.105. The molecule has 3 aromatic rings. The van der Waals surface area contributed by atoms with Gasteiger partial charge in [-0.1, -0.05) is 65.8 Å². The molecule has 0 spiro atoms. The standard InChI is InChI=1S/C16H17BrN4OS/c1-16(2,3)14-20-13(22-21-14)9-23-15-18-8-12(19-15)10-4-6-11(17)7-5-10/h4-8H,9H2,1-3H3,(H,18,19). The zero-order chi connectivity index (χ0) is 16.4. The molecule has 2 aromatic heterocycles. The molecular weight excluding hydrogens is 376 g/mol. The Labute approximate surface area is 147 Å². The molecule has 7 heteroatoms. The average Bonchev–Trinajstić information content (AvgIpc) is 3.15. The number of hydrogen-bond acceptors (Lipinski definition) is 5. The topological polar surface area (TPSA) is 67.6 Å². The fourth-order valence-electron chi connectivity index (χ4n) is 1.90. The highest BCUT2D eigenvalue weighted by Crippen LogP contribution is 2.25. The first-order chi connectivity index (χ1) is 10.9. The van der Waals surface area contributed by atoms with Gasteiger partial charge in [0, 0.05) is 9.89 Å². The number of nitrogens with one attached hydrogen (secondary N) is 1. The van der Waals surface area contributed by atoms with Crippen LogP contribution in [0.15, 0.2) is 44.6 Å². The second-order valence-corrected chi connectivity index (χ2v) is 8.04. The molecule has 0 bridgehead atoms. The lowest BCUT2D eigenvalue weighted by Gasteiger charge is -2.10. The summed E-state index contributed by atoms with van der Waals surface area (Å²) >= 11 is 4.98. The first-order valence-corrected chi connectivity index (χ1v) is 8.96. The van der Waals surface area contributed by atoms with Gasteiger partial charge in [0.2, 0.25) is 5.89 Å². The van der Waals surface area contributed by atoms with E-state index in [0.29, 0.717) is 11.6 Å². The van der Waals surface area contributed by atoms with Gasteiger partial charge < -0.3 is 9.51 Å². The molecule has 1 aromatic carbocycles. The lowest BCUT2D eigenvalue weighted by Crippen LogP contribution is -2.13. The summed E-state index contributed by atoms with van der Waals surface area (Å²) in [6, 6.07) is 8.10. The molecule has 0 aliphatic heterocycles. The van der Waals surface area contributed by atoms with E-state index in [4.69, 9.17) is 4.52 Å². The number of hydrogen-bond donors (Lipinski definition) is 1. The number of thioether (sulfide) groups is 1. The van der Waals surface area contributed by atoms with Crippen molar-refractivity contribution in [3.05, 3.63) is 46.7 Å². The second-order valence-electron chi connectivity index (χ2n) is 6.16. The molecule has 23 heavy (non-hydrogen) atoms. The van der Waals surface area contributed by atoms with Crippen molar-refractivity contribution in [2.24, 2.45) is 0 Å². The van der Waals surface area contributed by atoms with Crippen LogP contribution in [0.2, 0.25) is 0 Å². The van der Waals surface area contributed by atoms with Gasteiger partial charge in [0.1, 0.15) is 0 Å². The molecular formula is C16H17BrN4OS. The van der Waals surface area contributed by atoms with Gasteiger partial charge in [0.05, 0.1) is 17.6 Å². The maximum absolute atomic E-state index is 5.29. The molecule has 2 heterocycles. The van der Waals surface area contributed by atoms with Crippen LogP contribution in [0.5, 0.6) is 0 Å². The Balaban J connectivity index is 1.65. The number of nitrogens with zero attached hydrogens (tertiary/aromatic N) is 3. The minimum Gasteiger partial charge on any atom is -0.338 e. The minimum absolute atomic E-state index is 0.105. The molecule has 0 amide bonds. The van der Waals surface area contributed by atoms with Crippen molar-refractivity contribution < 1.29 is 4.52 Å². The monoisotopic (exact) mass is 392 g/mol. The summed E-state index contributed by atoms with van der Waals surface area (Å²) in [6.07, 6.45) is 1.83. The summed E-state index contributed by atoms with van der Waals surface area (Å²) in [5.41, 5.74) is 1.98. The predicted octanol–water partition coefficient (Wildman–Crippen LogP) is 4.81. The van der Waals surface area contributed by atoms with Crippen molar-refractivity contribution in [3.63, 3.8) is 0 Å². The molecule has 0 saturated heterocycles. The number of halogens is 1. The molecule has 0 unspecified atom stereocenters. The van der Waals surface area contributed by atoms with Crippen LogP contribution >= 0.6 is 27.7 Å². The molecule has 3 rings (SSSR count). The summed E-state index contributed by atoms with van der Waals surface area (Å²) in [5.74, 6) is 1.93. The molecule has 0 fully saturated rings. The van der Waals surface area contributed by atoms with E-state index in [1.165, 1.54) is 0 Å². The molecule has 0 aliphatic rings. The molecule has 120 valence electrons. The molecule has 0 aliphatic carbocycles. The summed E-state index contributed by atoms with van der Waals surface area (Å²) in [7, 11) is 0. The van der Waals surface area contributed by atoms with Crippen molar-refractivity contribution in [3.8, 4) is 11.3 Å². The Morgan fingerprint density at radius 1 is 1.22 bits per heavy atom. The summed E-state index contributed by atoms with van der Waals surface area (Å²) in [5, 5.41) is 4.86. The number of benzene rings is 1. The van der Waals surface area contributed by atoms with Crippen LogP contribution in [0, 0.1) is 0 Å². The number of H-pyrrole nitrogens is 1. The number of imidazole rings is 1. The van der Waals surface area contributed by atoms with Crippen LogP contribution < -0.4 is 0 Å². The second kappa shape index (κ2) is 6.49. The summed E-state index contributed by atoms with van der Waals surface area (Å²) < 4.78 is 6.35. The SMILES string of the molecule is CC(C)(C)c1noc(CSc2ncc(-c3ccc(Br)cc3)[nH]2)n1. The van der Waals surface area contributed by atoms with Gasteiger partial charge >= 0.3 is 0 Å². The largest absolute Gasteiger partial charge is 0.338 e. The number of aromatic nitrogens is 4. The van der Waals surface area contributed by atoms with E-state index in [-0.39, 0.29) is 5.41 Å². The average molecular weight is 393 g/mol. The Morgan fingerprint density at radius 2 is 1.96 bits per heavy atom. The maximum atomic E-state index is 5.29. The first kappa shape index (κ1) is 16.3. The maximum Gasteiger partial charge on any atom is 0.237 e. The number of rotatable bonds is 4. The van der Waals surface area contributed by atoms with Gasteiger partial charge in [0.25, 0.3) is 0 Å². The zero-order valence-corrected chi connectivity index (χ0v) is 15.5. The normalized spacial score (nSPS) is 11.8. The van der Waals surface area contributed by atoms with Crippen LogP contribution in [-0.2, 0) is 11.2 Å². The quantitative estimate of drug-likeness (QED) is 0.645. The Kier molecular flexibility index (Phi) is 4.59. The van der Waals surface area contributed by atoms with Crippen molar-refractivity contribution in [1.82, 2.24) is 20.1 Å². The van der Waals surface area contributed by atoms with Gasteiger partial charge in [-0.15, -0.1) is 0 Å². The van der Waals surface area contributed by atoms with E-state index in [9.17, 15) is 0 Å². The van der Waals surface area contributed by atoms with Crippen molar-refractivity contribution in [2.45, 2.75) is 37.1 Å². The Hall–Kier alpha value is -1.60. The van der Waals surface area contributed by atoms with Gasteiger partial charge in [-0.25, -0.2) is 4.98 Å². The predicted molar refractivity (Wildman–Crippen MR) is 94.3 cm³/mol. The van der Waals surface area contributed by atoms with E-state index in [1.54, 1.807) is 11.8 Å². The van der Waals surface area contributed by atoms with Gasteiger partial charge in [-0.2, -0.15) is 4.98 Å². The Bertz CT molecular complexity index is 789. The molecule has 1 N–H and O–H groups in total. The summed E-state index contributed by atoms with van der Waals surface area (Å²) in [4.78, 5) is 12.1. The van der Waals surface area contributed by atoms with Crippen LogP contribution in [0.4, 0.5) is 0 Å².